The van der Waals surface area contributed by atoms with Crippen LogP contribution in [0.4, 0.5) is 8.78 Å². The van der Waals surface area contributed by atoms with Crippen LogP contribution in [-0.2, 0) is 18.0 Å². The minimum Gasteiger partial charge on any atom is -0.297 e. The lowest BCUT2D eigenvalue weighted by Crippen LogP contribution is -2.17. The van der Waals surface area contributed by atoms with Gasteiger partial charge < -0.3 is 0 Å². The average Bonchev–Trinajstić information content (AvgIpc) is 2.84. The van der Waals surface area contributed by atoms with Crippen molar-refractivity contribution >= 4 is 0 Å². The Morgan fingerprint density at radius 2 is 2.06 bits per heavy atom. The first kappa shape index (κ1) is 12.7. The molecular weight excluding hydrogens is 240 g/mol. The highest BCUT2D eigenvalue weighted by atomic mass is 19.3. The quantitative estimate of drug-likeness (QED) is 0.635. The molecule has 96 valence electrons. The normalized spacial score (nSPS) is 11.1. The third-order valence-electron chi connectivity index (χ3n) is 2.37. The van der Waals surface area contributed by atoms with Gasteiger partial charge in [-0.1, -0.05) is 30.3 Å². The lowest BCUT2D eigenvalue weighted by atomic mass is 10.2. The number of nitrogens with zero attached hydrogens (tertiary/aromatic N) is 2. The van der Waals surface area contributed by atoms with Crippen molar-refractivity contribution in [3.63, 3.8) is 0 Å². The summed E-state index contributed by atoms with van der Waals surface area (Å²) in [5.74, 6) is 0.234. The van der Waals surface area contributed by atoms with E-state index in [1.807, 2.05) is 30.3 Å². The summed E-state index contributed by atoms with van der Waals surface area (Å²) in [7, 11) is 0. The molecule has 0 fully saturated rings. The van der Waals surface area contributed by atoms with E-state index in [0.717, 1.165) is 10.1 Å². The molecule has 0 amide bonds. The fraction of sp³-hybridized carbons (Fsp3) is 0.250. The van der Waals surface area contributed by atoms with Crippen molar-refractivity contribution < 1.29 is 13.6 Å². The second kappa shape index (κ2) is 6.23. The third kappa shape index (κ3) is 3.35. The summed E-state index contributed by atoms with van der Waals surface area (Å²) in [6.07, 6.45) is 2.57. The average molecular weight is 253 g/mol. The summed E-state index contributed by atoms with van der Waals surface area (Å²) in [6, 6.07) is 9.56. The molecule has 1 heterocycles. The van der Waals surface area contributed by atoms with Crippen LogP contribution in [0.3, 0.4) is 0 Å². The number of rotatable bonds is 6. The molecule has 1 aromatic carbocycles. The van der Waals surface area contributed by atoms with Crippen molar-refractivity contribution in [2.75, 3.05) is 0 Å². The van der Waals surface area contributed by atoms with Gasteiger partial charge >= 0.3 is 6.55 Å². The summed E-state index contributed by atoms with van der Waals surface area (Å²) in [4.78, 5) is 9.00. The monoisotopic (exact) mass is 253 g/mol. The number of hydrogen-bond donors (Lipinski definition) is 1. The van der Waals surface area contributed by atoms with E-state index < -0.39 is 6.55 Å². The van der Waals surface area contributed by atoms with E-state index in [1.54, 1.807) is 0 Å². The highest BCUT2D eigenvalue weighted by Gasteiger charge is 2.10. The molecule has 2 aromatic rings. The van der Waals surface area contributed by atoms with E-state index in [0.29, 0.717) is 6.61 Å². The molecule has 1 N–H and O–H groups in total. The van der Waals surface area contributed by atoms with Crippen LogP contribution in [0, 0.1) is 0 Å². The van der Waals surface area contributed by atoms with E-state index in [9.17, 15) is 8.78 Å². The van der Waals surface area contributed by atoms with Gasteiger partial charge in [0.05, 0.1) is 13.2 Å². The Morgan fingerprint density at radius 1 is 1.28 bits per heavy atom. The minimum atomic E-state index is -2.58. The van der Waals surface area contributed by atoms with Crippen molar-refractivity contribution in [2.24, 2.45) is 0 Å². The van der Waals surface area contributed by atoms with Crippen LogP contribution in [0.1, 0.15) is 17.9 Å². The molecular formula is C12H13F2N3O. The first-order valence-electron chi connectivity index (χ1n) is 5.46. The van der Waals surface area contributed by atoms with Gasteiger partial charge in [-0.05, 0) is 5.56 Å². The Balaban J connectivity index is 1.77. The van der Waals surface area contributed by atoms with Gasteiger partial charge in [0.15, 0.2) is 0 Å². The van der Waals surface area contributed by atoms with Crippen molar-refractivity contribution in [3.05, 3.63) is 54.1 Å². The lowest BCUT2D eigenvalue weighted by molar-refractivity contribution is 0.0165. The van der Waals surface area contributed by atoms with Crippen LogP contribution >= 0.6 is 0 Å². The number of hydroxylamine groups is 1. The van der Waals surface area contributed by atoms with E-state index in [-0.39, 0.29) is 12.4 Å². The molecule has 2 rings (SSSR count). The van der Waals surface area contributed by atoms with E-state index in [4.69, 9.17) is 4.84 Å². The number of benzene rings is 1. The van der Waals surface area contributed by atoms with Gasteiger partial charge in [0.25, 0.3) is 0 Å². The fourth-order valence-electron chi connectivity index (χ4n) is 1.48. The number of imidazole rings is 1. The molecule has 1 aromatic heterocycles. The van der Waals surface area contributed by atoms with Crippen LogP contribution in [0.5, 0.6) is 0 Å². The van der Waals surface area contributed by atoms with Crippen molar-refractivity contribution in [1.82, 2.24) is 15.0 Å². The van der Waals surface area contributed by atoms with Gasteiger partial charge in [-0.25, -0.2) is 4.98 Å². The smallest absolute Gasteiger partial charge is 0.297 e. The number of aromatic nitrogens is 2. The maximum absolute atomic E-state index is 12.5. The summed E-state index contributed by atoms with van der Waals surface area (Å²) >= 11 is 0. The third-order valence-corrected chi connectivity index (χ3v) is 2.37. The van der Waals surface area contributed by atoms with Gasteiger partial charge in [0, 0.05) is 12.4 Å². The predicted octanol–water partition coefficient (Wildman–Crippen LogP) is 2.50. The second-order valence-electron chi connectivity index (χ2n) is 3.62. The Kier molecular flexibility index (Phi) is 4.38. The highest BCUT2D eigenvalue weighted by Crippen LogP contribution is 2.11. The Bertz CT molecular complexity index is 473. The largest absolute Gasteiger partial charge is 0.319 e. The molecule has 0 saturated heterocycles. The second-order valence-corrected chi connectivity index (χ2v) is 3.62. The number of halogens is 2. The highest BCUT2D eigenvalue weighted by molar-refractivity contribution is 5.13. The molecule has 0 radical (unpaired) electrons. The van der Waals surface area contributed by atoms with Crippen LogP contribution in [0.2, 0.25) is 0 Å². The molecule has 0 aliphatic carbocycles. The molecule has 0 bridgehead atoms. The predicted molar refractivity (Wildman–Crippen MR) is 61.6 cm³/mol. The summed E-state index contributed by atoms with van der Waals surface area (Å²) < 4.78 is 25.8. The molecule has 0 saturated carbocycles. The Morgan fingerprint density at radius 3 is 2.78 bits per heavy atom. The Labute approximate surface area is 103 Å². The lowest BCUT2D eigenvalue weighted by Gasteiger charge is -2.08. The van der Waals surface area contributed by atoms with Crippen molar-refractivity contribution in [1.29, 1.82) is 0 Å². The summed E-state index contributed by atoms with van der Waals surface area (Å²) in [6.45, 7) is -2.08. The molecule has 0 spiro atoms. The molecule has 0 aliphatic rings. The van der Waals surface area contributed by atoms with Gasteiger partial charge in [0.1, 0.15) is 5.82 Å². The van der Waals surface area contributed by atoms with Crippen LogP contribution in [0.15, 0.2) is 42.7 Å². The van der Waals surface area contributed by atoms with Gasteiger partial charge in [-0.3, -0.25) is 9.40 Å². The van der Waals surface area contributed by atoms with Crippen LogP contribution in [0.25, 0.3) is 0 Å². The van der Waals surface area contributed by atoms with E-state index >= 15 is 0 Å². The summed E-state index contributed by atoms with van der Waals surface area (Å²) in [5, 5.41) is 0. The standard InChI is InChI=1S/C12H13F2N3O/c13-12(14)17-7-6-15-11(17)8-16-18-9-10-4-2-1-3-5-10/h1-7,12,16H,8-9H2. The fourth-order valence-corrected chi connectivity index (χ4v) is 1.48. The number of nitrogens with one attached hydrogen (secondary N) is 1. The molecule has 0 aliphatic heterocycles. The number of hydrogen-bond acceptors (Lipinski definition) is 3. The van der Waals surface area contributed by atoms with Crippen LogP contribution < -0.4 is 5.48 Å². The SMILES string of the molecule is FC(F)n1ccnc1CNOCc1ccccc1. The number of alkyl halides is 2. The topological polar surface area (TPSA) is 39.1 Å². The Hall–Kier alpha value is -1.79. The molecule has 0 unspecified atom stereocenters. The summed E-state index contributed by atoms with van der Waals surface area (Å²) in [5.41, 5.74) is 3.62. The van der Waals surface area contributed by atoms with Crippen molar-refractivity contribution in [2.45, 2.75) is 19.7 Å². The maximum atomic E-state index is 12.5. The zero-order valence-electron chi connectivity index (χ0n) is 9.59. The van der Waals surface area contributed by atoms with Crippen molar-refractivity contribution in [3.8, 4) is 0 Å². The minimum absolute atomic E-state index is 0.129. The molecule has 6 heteroatoms. The van der Waals surface area contributed by atoms with E-state index in [2.05, 4.69) is 10.5 Å². The van der Waals surface area contributed by atoms with E-state index in [1.165, 1.54) is 12.4 Å². The molecule has 0 atom stereocenters. The maximum Gasteiger partial charge on any atom is 0.319 e. The zero-order valence-corrected chi connectivity index (χ0v) is 9.59. The van der Waals surface area contributed by atoms with Gasteiger partial charge in [0.2, 0.25) is 0 Å². The van der Waals surface area contributed by atoms with Gasteiger partial charge in [-0.15, -0.1) is 0 Å². The molecule has 4 nitrogen and oxygen atoms in total. The first-order chi connectivity index (χ1) is 8.77. The molecule has 18 heavy (non-hydrogen) atoms. The first-order valence-corrected chi connectivity index (χ1v) is 5.46. The van der Waals surface area contributed by atoms with Gasteiger partial charge in [-0.2, -0.15) is 14.3 Å². The zero-order chi connectivity index (χ0) is 12.8. The van der Waals surface area contributed by atoms with Crippen LogP contribution in [-0.4, -0.2) is 9.55 Å².